The molecule has 2 bridgehead atoms. The molecule has 5 nitrogen and oxygen atoms in total. The smallest absolute Gasteiger partial charge is 0.243 e. The molecule has 1 aromatic carbocycles. The van der Waals surface area contributed by atoms with Gasteiger partial charge in [0.1, 0.15) is 0 Å². The van der Waals surface area contributed by atoms with Gasteiger partial charge in [0.25, 0.3) is 0 Å². The minimum atomic E-state index is -0.145. The number of likely N-dealkylation sites (N-methyl/N-ethyl adjacent to an activating group) is 1. The normalized spacial score (nSPS) is 26.2. The van der Waals surface area contributed by atoms with Crippen LogP contribution in [0.4, 0.5) is 5.69 Å². The second-order valence-corrected chi connectivity index (χ2v) is 8.71. The van der Waals surface area contributed by atoms with E-state index >= 15 is 0 Å². The average Bonchev–Trinajstić information content (AvgIpc) is 2.57. The van der Waals surface area contributed by atoms with Gasteiger partial charge in [-0.25, -0.2) is 0 Å². The van der Waals surface area contributed by atoms with Crippen molar-refractivity contribution >= 4 is 29.9 Å². The highest BCUT2D eigenvalue weighted by molar-refractivity contribution is 5.96. The van der Waals surface area contributed by atoms with Gasteiger partial charge < -0.3 is 16.0 Å². The second-order valence-electron chi connectivity index (χ2n) is 8.71. The van der Waals surface area contributed by atoms with Crippen molar-refractivity contribution < 1.29 is 9.59 Å². The number of carbonyl (C=O) groups excluding carboxylic acids is 2. The van der Waals surface area contributed by atoms with E-state index in [0.29, 0.717) is 11.8 Å². The molecule has 2 saturated carbocycles. The Bertz CT molecular complexity index is 699. The van der Waals surface area contributed by atoms with Gasteiger partial charge in [-0.2, -0.15) is 0 Å². The molecule has 0 aliphatic heterocycles. The van der Waals surface area contributed by atoms with E-state index in [1.165, 1.54) is 12.0 Å². The summed E-state index contributed by atoms with van der Waals surface area (Å²) >= 11 is 0. The molecule has 0 saturated heterocycles. The number of benzene rings is 1. The highest BCUT2D eigenvalue weighted by atomic mass is 35.5. The summed E-state index contributed by atoms with van der Waals surface area (Å²) in [6.45, 7) is 6.12. The molecule has 2 aliphatic carbocycles. The van der Waals surface area contributed by atoms with Gasteiger partial charge in [0.2, 0.25) is 11.8 Å². The molecule has 3 N–H and O–H groups in total. The van der Waals surface area contributed by atoms with Crippen LogP contribution in [0.15, 0.2) is 12.1 Å². The number of aryl methyl sites for hydroxylation is 3. The maximum Gasteiger partial charge on any atom is 0.243 e. The maximum atomic E-state index is 12.9. The number of carbonyl (C=O) groups is 2. The van der Waals surface area contributed by atoms with Crippen LogP contribution in [0.1, 0.15) is 48.8 Å². The zero-order chi connectivity index (χ0) is 19.7. The van der Waals surface area contributed by atoms with Crippen molar-refractivity contribution in [1.82, 2.24) is 4.90 Å². The molecule has 3 rings (SSSR count). The van der Waals surface area contributed by atoms with Crippen LogP contribution in [-0.2, 0) is 9.59 Å². The zero-order valence-electron chi connectivity index (χ0n) is 17.5. The van der Waals surface area contributed by atoms with Crippen LogP contribution in [0.25, 0.3) is 0 Å². The van der Waals surface area contributed by atoms with Gasteiger partial charge in [-0.05, 0) is 69.4 Å². The molecule has 156 valence electrons. The van der Waals surface area contributed by atoms with Gasteiger partial charge >= 0.3 is 0 Å². The summed E-state index contributed by atoms with van der Waals surface area (Å²) in [5.41, 5.74) is 10.5. The first-order valence-electron chi connectivity index (χ1n) is 10.1. The molecule has 1 aromatic rings. The monoisotopic (exact) mass is 407 g/mol. The maximum absolute atomic E-state index is 12.9. The number of hydrogen-bond donors (Lipinski definition) is 2. The Kier molecular flexibility index (Phi) is 7.52. The Morgan fingerprint density at radius 2 is 1.64 bits per heavy atom. The molecule has 28 heavy (non-hydrogen) atoms. The van der Waals surface area contributed by atoms with E-state index in [4.69, 9.17) is 5.73 Å². The van der Waals surface area contributed by atoms with E-state index in [2.05, 4.69) is 17.4 Å². The summed E-state index contributed by atoms with van der Waals surface area (Å²) in [6.07, 6.45) is 5.25. The van der Waals surface area contributed by atoms with Crippen molar-refractivity contribution in [2.24, 2.45) is 23.5 Å². The highest BCUT2D eigenvalue weighted by Gasteiger charge is 2.41. The Balaban J connectivity index is 0.00000280. The zero-order valence-corrected chi connectivity index (χ0v) is 18.3. The lowest BCUT2D eigenvalue weighted by atomic mass is 9.65. The number of amides is 2. The van der Waals surface area contributed by atoms with E-state index < -0.39 is 0 Å². The third-order valence-electron chi connectivity index (χ3n) is 6.46. The van der Waals surface area contributed by atoms with Crippen molar-refractivity contribution in [3.8, 4) is 0 Å². The van der Waals surface area contributed by atoms with Crippen LogP contribution in [0.5, 0.6) is 0 Å². The topological polar surface area (TPSA) is 75.4 Å². The van der Waals surface area contributed by atoms with Crippen LogP contribution < -0.4 is 11.1 Å². The molecule has 2 aliphatic rings. The Hall–Kier alpha value is -1.59. The first kappa shape index (κ1) is 22.7. The van der Waals surface area contributed by atoms with Crippen molar-refractivity contribution in [2.45, 2.75) is 58.9 Å². The lowest BCUT2D eigenvalue weighted by Gasteiger charge is -2.44. The molecule has 2 unspecified atom stereocenters. The summed E-state index contributed by atoms with van der Waals surface area (Å²) in [5.74, 6) is 0.888. The number of anilines is 1. The first-order valence-corrected chi connectivity index (χ1v) is 10.1. The molecular weight excluding hydrogens is 374 g/mol. The van der Waals surface area contributed by atoms with Gasteiger partial charge in [-0.3, -0.25) is 9.59 Å². The summed E-state index contributed by atoms with van der Waals surface area (Å²) in [7, 11) is 1.74. The molecule has 2 atom stereocenters. The number of fused-ring (bicyclic) bond motifs is 2. The first-order chi connectivity index (χ1) is 12.8. The fraction of sp³-hybridized carbons (Fsp3) is 0.636. The molecule has 0 heterocycles. The van der Waals surface area contributed by atoms with E-state index in [0.717, 1.165) is 42.5 Å². The van der Waals surface area contributed by atoms with Crippen molar-refractivity contribution in [1.29, 1.82) is 0 Å². The standard InChI is InChI=1S/C22H33N3O2.ClH/c1-13-8-14(2)21(15(3)9-13)24-19(26)12-25(4)22(27)18-10-16-6-5-7-17(11-18)20(16)23;/h8-9,16-18,20H,5-7,10-12,23H2,1-4H3,(H,24,26);1H. The van der Waals surface area contributed by atoms with Crippen LogP contribution in [0, 0.1) is 38.5 Å². The van der Waals surface area contributed by atoms with E-state index in [1.54, 1.807) is 11.9 Å². The van der Waals surface area contributed by atoms with Gasteiger partial charge in [0.05, 0.1) is 6.54 Å². The highest BCUT2D eigenvalue weighted by Crippen LogP contribution is 2.42. The third kappa shape index (κ3) is 4.87. The molecule has 0 radical (unpaired) electrons. The number of nitrogens with zero attached hydrogens (tertiary/aromatic N) is 1. The lowest BCUT2D eigenvalue weighted by Crippen LogP contribution is -2.50. The van der Waals surface area contributed by atoms with Crippen molar-refractivity contribution in [3.05, 3.63) is 28.8 Å². The molecule has 0 aromatic heterocycles. The summed E-state index contributed by atoms with van der Waals surface area (Å²) in [5, 5.41) is 2.99. The molecular formula is C22H34ClN3O2. The van der Waals surface area contributed by atoms with E-state index in [1.807, 2.05) is 20.8 Å². The summed E-state index contributed by atoms with van der Waals surface area (Å²) in [4.78, 5) is 27.0. The summed E-state index contributed by atoms with van der Waals surface area (Å²) < 4.78 is 0. The van der Waals surface area contributed by atoms with Crippen LogP contribution in [0.2, 0.25) is 0 Å². The quantitative estimate of drug-likeness (QED) is 0.800. The average molecular weight is 408 g/mol. The number of nitrogens with two attached hydrogens (primary N) is 1. The van der Waals surface area contributed by atoms with Gasteiger partial charge in [0.15, 0.2) is 0 Å². The molecule has 0 spiro atoms. The fourth-order valence-electron chi connectivity index (χ4n) is 5.15. The number of rotatable bonds is 4. The Morgan fingerprint density at radius 1 is 1.11 bits per heavy atom. The summed E-state index contributed by atoms with van der Waals surface area (Å²) in [6, 6.07) is 4.37. The third-order valence-corrected chi connectivity index (χ3v) is 6.46. The largest absolute Gasteiger partial charge is 0.336 e. The van der Waals surface area contributed by atoms with Gasteiger partial charge in [-0.15, -0.1) is 12.4 Å². The number of halogens is 1. The van der Waals surface area contributed by atoms with Crippen molar-refractivity contribution in [3.63, 3.8) is 0 Å². The van der Waals surface area contributed by atoms with E-state index in [9.17, 15) is 9.59 Å². The van der Waals surface area contributed by atoms with Crippen LogP contribution in [0.3, 0.4) is 0 Å². The molecule has 2 amide bonds. The number of nitrogens with one attached hydrogen (secondary N) is 1. The van der Waals surface area contributed by atoms with Gasteiger partial charge in [-0.1, -0.05) is 24.1 Å². The fourth-order valence-corrected chi connectivity index (χ4v) is 5.15. The Morgan fingerprint density at radius 3 is 2.18 bits per heavy atom. The lowest BCUT2D eigenvalue weighted by molar-refractivity contribution is -0.139. The van der Waals surface area contributed by atoms with Crippen LogP contribution >= 0.6 is 12.4 Å². The predicted octanol–water partition coefficient (Wildman–Crippen LogP) is 3.58. The van der Waals surface area contributed by atoms with Gasteiger partial charge in [0, 0.05) is 24.7 Å². The SMILES string of the molecule is Cc1cc(C)c(NC(=O)CN(C)C(=O)C2CC3CCCC(C2)C3N)c(C)c1.Cl. The second kappa shape index (κ2) is 9.27. The molecule has 6 heteroatoms. The molecule has 2 fully saturated rings. The Labute approximate surface area is 174 Å². The van der Waals surface area contributed by atoms with Crippen LogP contribution in [-0.4, -0.2) is 36.3 Å². The number of hydrogen-bond acceptors (Lipinski definition) is 3. The minimum absolute atomic E-state index is 0. The van der Waals surface area contributed by atoms with E-state index in [-0.39, 0.29) is 42.7 Å². The predicted molar refractivity (Wildman–Crippen MR) is 116 cm³/mol. The minimum Gasteiger partial charge on any atom is -0.336 e. The van der Waals surface area contributed by atoms with Crippen molar-refractivity contribution in [2.75, 3.05) is 18.9 Å².